The molecule has 0 unspecified atom stereocenters. The summed E-state index contributed by atoms with van der Waals surface area (Å²) in [5.41, 5.74) is 6.00. The Labute approximate surface area is 283 Å². The van der Waals surface area contributed by atoms with Crippen molar-refractivity contribution in [2.45, 2.75) is 0 Å². The van der Waals surface area contributed by atoms with Gasteiger partial charge in [-0.15, -0.1) is 17.7 Å². The summed E-state index contributed by atoms with van der Waals surface area (Å²) in [6.45, 7) is 0. The molecule has 9 rings (SSSR count). The molecule has 0 aliphatic heterocycles. The van der Waals surface area contributed by atoms with Crippen molar-refractivity contribution in [2.75, 3.05) is 4.90 Å². The summed E-state index contributed by atoms with van der Waals surface area (Å²) in [5, 5.41) is 8.11. The van der Waals surface area contributed by atoms with Crippen molar-refractivity contribution in [3.05, 3.63) is 140 Å². The summed E-state index contributed by atoms with van der Waals surface area (Å²) < 4.78 is 21.5. The van der Waals surface area contributed by atoms with Crippen LogP contribution in [0.25, 0.3) is 55.1 Å². The molecule has 7 nitrogen and oxygen atoms in total. The topological polar surface area (TPSA) is 69.5 Å². The molecule has 228 valence electrons. The van der Waals surface area contributed by atoms with Crippen LogP contribution in [0.2, 0.25) is 0 Å². The fraction of sp³-hybridized carbons (Fsp3) is 0.0256. The predicted octanol–water partition coefficient (Wildman–Crippen LogP) is 10.1. The van der Waals surface area contributed by atoms with Crippen molar-refractivity contribution < 1.29 is 34.6 Å². The molecule has 0 atom stereocenters. The quantitative estimate of drug-likeness (QED) is 0.156. The van der Waals surface area contributed by atoms with Crippen molar-refractivity contribution >= 4 is 61.1 Å². The van der Waals surface area contributed by atoms with Gasteiger partial charge in [0.15, 0.2) is 0 Å². The largest absolute Gasteiger partial charge is 2.00 e. The second kappa shape index (κ2) is 11.6. The van der Waals surface area contributed by atoms with Crippen molar-refractivity contribution in [2.24, 2.45) is 7.05 Å². The van der Waals surface area contributed by atoms with E-state index in [2.05, 4.69) is 17.2 Å². The standard InChI is InChI=1S/C39H24N4O3.Pt/c1-42-20-18-30(41-42)25-21-33-38(28-13-5-7-15-31(28)44-33)34(22-25)46-36-24-27(23-35-39(36)29-14-6-8-16-32(29)45-35)43(26-11-3-2-4-12-26)37-17-9-10-19-40-37;/h2-21,23H,1H3;/q-2;+2. The van der Waals surface area contributed by atoms with E-state index >= 15 is 0 Å². The van der Waals surface area contributed by atoms with E-state index in [0.29, 0.717) is 28.4 Å². The van der Waals surface area contributed by atoms with E-state index in [1.54, 1.807) is 10.9 Å². The average molecular weight is 792 g/mol. The smallest absolute Gasteiger partial charge is 0.501 e. The normalized spacial score (nSPS) is 11.3. The third kappa shape index (κ3) is 4.96. The SMILES string of the molecule is Cn1ccc(-c2[c-]c(Oc3[c-]c(N(c4ccccc4)c4ccccn4)cc4oc5ccccc5c34)c3c(c2)oc2ccccc23)n1.[Pt+2]. The van der Waals surface area contributed by atoms with E-state index in [1.807, 2.05) is 133 Å². The number of benzene rings is 5. The summed E-state index contributed by atoms with van der Waals surface area (Å²) in [7, 11) is 1.89. The number of anilines is 3. The van der Waals surface area contributed by atoms with Gasteiger partial charge in [-0.25, -0.2) is 10.1 Å². The monoisotopic (exact) mass is 791 g/mol. The summed E-state index contributed by atoms with van der Waals surface area (Å²) in [4.78, 5) is 6.73. The molecule has 9 aromatic rings. The van der Waals surface area contributed by atoms with Crippen LogP contribution in [0.1, 0.15) is 0 Å². The number of para-hydroxylation sites is 3. The molecule has 4 heterocycles. The van der Waals surface area contributed by atoms with Crippen molar-refractivity contribution in [3.8, 4) is 22.8 Å². The van der Waals surface area contributed by atoms with E-state index in [4.69, 9.17) is 18.6 Å². The molecule has 4 aromatic heterocycles. The third-order valence-electron chi connectivity index (χ3n) is 8.06. The van der Waals surface area contributed by atoms with Gasteiger partial charge in [0.1, 0.15) is 17.0 Å². The molecule has 0 saturated heterocycles. The third-order valence-corrected chi connectivity index (χ3v) is 8.06. The zero-order valence-corrected chi connectivity index (χ0v) is 27.2. The van der Waals surface area contributed by atoms with Crippen LogP contribution in [0.4, 0.5) is 17.2 Å². The molecule has 8 heteroatoms. The van der Waals surface area contributed by atoms with Crippen molar-refractivity contribution in [1.82, 2.24) is 14.8 Å². The number of hydrogen-bond acceptors (Lipinski definition) is 6. The van der Waals surface area contributed by atoms with Crippen LogP contribution in [0.15, 0.2) is 136 Å². The van der Waals surface area contributed by atoms with Gasteiger partial charge in [-0.1, -0.05) is 84.6 Å². The van der Waals surface area contributed by atoms with Gasteiger partial charge in [-0.05, 0) is 57.9 Å². The number of hydrogen-bond donors (Lipinski definition) is 0. The van der Waals surface area contributed by atoms with Gasteiger partial charge in [0.2, 0.25) is 0 Å². The van der Waals surface area contributed by atoms with Crippen LogP contribution in [0.3, 0.4) is 0 Å². The maximum atomic E-state index is 6.96. The van der Waals surface area contributed by atoms with Gasteiger partial charge in [0.25, 0.3) is 0 Å². The van der Waals surface area contributed by atoms with Gasteiger partial charge in [0.05, 0.1) is 11.3 Å². The van der Waals surface area contributed by atoms with Gasteiger partial charge >= 0.3 is 21.1 Å². The van der Waals surface area contributed by atoms with E-state index in [-0.39, 0.29) is 21.1 Å². The predicted molar refractivity (Wildman–Crippen MR) is 180 cm³/mol. The molecule has 0 amide bonds. The van der Waals surface area contributed by atoms with E-state index in [0.717, 1.165) is 55.5 Å². The van der Waals surface area contributed by atoms with Crippen LogP contribution in [0, 0.1) is 12.1 Å². The number of ether oxygens (including phenoxy) is 1. The maximum Gasteiger partial charge on any atom is 2.00 e. The number of aryl methyl sites for hydroxylation is 1. The average Bonchev–Trinajstić information content (AvgIpc) is 3.80. The second-order valence-corrected chi connectivity index (χ2v) is 11.0. The van der Waals surface area contributed by atoms with E-state index < -0.39 is 0 Å². The summed E-state index contributed by atoms with van der Waals surface area (Å²) >= 11 is 0. The molecular weight excluding hydrogens is 768 g/mol. The Kier molecular flexibility index (Phi) is 7.11. The number of rotatable bonds is 6. The van der Waals surface area contributed by atoms with Crippen molar-refractivity contribution in [1.29, 1.82) is 0 Å². The van der Waals surface area contributed by atoms with Crippen LogP contribution < -0.4 is 9.64 Å². The minimum Gasteiger partial charge on any atom is -0.501 e. The zero-order valence-electron chi connectivity index (χ0n) is 25.0. The van der Waals surface area contributed by atoms with E-state index in [1.165, 1.54) is 0 Å². The second-order valence-electron chi connectivity index (χ2n) is 11.0. The first-order valence-corrected chi connectivity index (χ1v) is 14.9. The molecule has 0 radical (unpaired) electrons. The molecule has 0 N–H and O–H groups in total. The number of pyridine rings is 1. The summed E-state index contributed by atoms with van der Waals surface area (Å²) in [6, 6.07) is 44.8. The Hall–Kier alpha value is -5.65. The van der Waals surface area contributed by atoms with E-state index in [9.17, 15) is 0 Å². The Morgan fingerprint density at radius 3 is 1.98 bits per heavy atom. The fourth-order valence-electron chi connectivity index (χ4n) is 6.02. The molecule has 0 fully saturated rings. The summed E-state index contributed by atoms with van der Waals surface area (Å²) in [5.74, 6) is 1.74. The molecule has 5 aromatic carbocycles. The number of aromatic nitrogens is 3. The molecule has 0 saturated carbocycles. The first-order chi connectivity index (χ1) is 22.7. The molecule has 0 bridgehead atoms. The maximum absolute atomic E-state index is 6.96. The molecule has 0 aliphatic rings. The summed E-state index contributed by atoms with van der Waals surface area (Å²) in [6.07, 6.45) is 3.68. The van der Waals surface area contributed by atoms with Crippen LogP contribution in [-0.2, 0) is 28.1 Å². The van der Waals surface area contributed by atoms with Gasteiger partial charge in [-0.3, -0.25) is 4.68 Å². The van der Waals surface area contributed by atoms with Gasteiger partial charge in [0, 0.05) is 42.2 Å². The van der Waals surface area contributed by atoms with Crippen LogP contribution in [0.5, 0.6) is 11.5 Å². The molecular formula is C39H24N4O3Pt. The molecule has 47 heavy (non-hydrogen) atoms. The Morgan fingerprint density at radius 2 is 1.32 bits per heavy atom. The van der Waals surface area contributed by atoms with Crippen LogP contribution >= 0.6 is 0 Å². The Morgan fingerprint density at radius 1 is 0.681 bits per heavy atom. The molecule has 0 aliphatic carbocycles. The first-order valence-electron chi connectivity index (χ1n) is 14.9. The zero-order chi connectivity index (χ0) is 30.6. The Balaban J connectivity index is 0.00000324. The van der Waals surface area contributed by atoms with Gasteiger partial charge in [-0.2, -0.15) is 0 Å². The minimum atomic E-state index is 0. The fourth-order valence-corrected chi connectivity index (χ4v) is 6.02. The minimum absolute atomic E-state index is 0. The molecule has 0 spiro atoms. The van der Waals surface area contributed by atoms with Crippen molar-refractivity contribution in [3.63, 3.8) is 0 Å². The Bertz CT molecular complexity index is 2500. The van der Waals surface area contributed by atoms with Crippen LogP contribution in [-0.4, -0.2) is 14.8 Å². The number of fused-ring (bicyclic) bond motifs is 6. The number of nitrogens with zero attached hydrogens (tertiary/aromatic N) is 4. The number of furan rings is 2. The van der Waals surface area contributed by atoms with Gasteiger partial charge < -0.3 is 18.5 Å². The first kappa shape index (κ1) is 28.8.